The zero-order chi connectivity index (χ0) is 21.7. The fourth-order valence-corrected chi connectivity index (χ4v) is 6.11. The number of carbonyl (C=O) groups is 1. The molecular weight excluding hydrogens is 410 g/mol. The number of hydrogen-bond donors (Lipinski definition) is 1. The topological polar surface area (TPSA) is 70.3 Å². The van der Waals surface area contributed by atoms with Crippen LogP contribution in [0.15, 0.2) is 42.2 Å². The SMILES string of the molecule is CCc1ccc(Oc2ccc(C#N)c(Cl)c2)cc1C1=C(O)C2C(C1=O)[C@H]1CC[C@@H]2CC1. The molecule has 4 aliphatic carbocycles. The molecule has 2 unspecified atom stereocenters. The predicted octanol–water partition coefficient (Wildman–Crippen LogP) is 6.47. The maximum Gasteiger partial charge on any atom is 0.170 e. The number of nitriles is 1. The van der Waals surface area contributed by atoms with Crippen molar-refractivity contribution in [1.29, 1.82) is 5.26 Å². The largest absolute Gasteiger partial charge is 0.511 e. The molecule has 6 rings (SSSR count). The van der Waals surface area contributed by atoms with Gasteiger partial charge in [0.15, 0.2) is 5.78 Å². The third-order valence-electron chi connectivity index (χ3n) is 7.37. The summed E-state index contributed by atoms with van der Waals surface area (Å²) in [6.07, 6.45) is 5.17. The maximum atomic E-state index is 13.5. The van der Waals surface area contributed by atoms with Crippen LogP contribution in [0.5, 0.6) is 11.5 Å². The lowest BCUT2D eigenvalue weighted by Gasteiger charge is -2.44. The Bertz CT molecular complexity index is 1140. The first-order valence-corrected chi connectivity index (χ1v) is 11.4. The van der Waals surface area contributed by atoms with E-state index >= 15 is 0 Å². The van der Waals surface area contributed by atoms with Crippen molar-refractivity contribution in [3.8, 4) is 17.6 Å². The highest BCUT2D eigenvalue weighted by Crippen LogP contribution is 2.57. The number of aryl methyl sites for hydroxylation is 1. The lowest BCUT2D eigenvalue weighted by atomic mass is 9.59. The first kappa shape index (κ1) is 20.2. The standard InChI is InChI=1S/C26H24ClNO3/c1-2-14-7-9-18(31-19-10-8-17(13-28)21(27)12-19)11-20(14)24-25(29)22-15-3-4-16(6-5-15)23(22)26(24)30/h7-12,15-16,22-23,29H,2-6H2,1H3/t15-,16+,22?,23?. The van der Waals surface area contributed by atoms with Crippen LogP contribution < -0.4 is 4.74 Å². The normalized spacial score (nSPS) is 26.7. The number of ketones is 1. The first-order chi connectivity index (χ1) is 15.0. The predicted molar refractivity (Wildman–Crippen MR) is 119 cm³/mol. The summed E-state index contributed by atoms with van der Waals surface area (Å²) in [7, 11) is 0. The summed E-state index contributed by atoms with van der Waals surface area (Å²) in [5.74, 6) is 2.22. The molecule has 1 N–H and O–H groups in total. The molecule has 158 valence electrons. The molecule has 0 amide bonds. The van der Waals surface area contributed by atoms with Crippen molar-refractivity contribution in [1.82, 2.24) is 0 Å². The van der Waals surface area contributed by atoms with E-state index in [2.05, 4.69) is 0 Å². The van der Waals surface area contributed by atoms with Crippen LogP contribution in [0.4, 0.5) is 0 Å². The van der Waals surface area contributed by atoms with E-state index in [1.165, 1.54) is 0 Å². The fraction of sp³-hybridized carbons (Fsp3) is 0.385. The molecular formula is C26H24ClNO3. The smallest absolute Gasteiger partial charge is 0.170 e. The molecule has 4 nitrogen and oxygen atoms in total. The summed E-state index contributed by atoms with van der Waals surface area (Å²) >= 11 is 6.13. The first-order valence-electron chi connectivity index (χ1n) is 11.0. The third-order valence-corrected chi connectivity index (χ3v) is 7.68. The Morgan fingerprint density at radius 3 is 2.32 bits per heavy atom. The zero-order valence-electron chi connectivity index (χ0n) is 17.4. The number of carbonyl (C=O) groups excluding carboxylic acids is 1. The summed E-state index contributed by atoms with van der Waals surface area (Å²) in [6.45, 7) is 2.05. The van der Waals surface area contributed by atoms with Gasteiger partial charge in [0.2, 0.25) is 0 Å². The van der Waals surface area contributed by atoms with Gasteiger partial charge in [-0.1, -0.05) is 24.6 Å². The average Bonchev–Trinajstić information content (AvgIpc) is 3.07. The van der Waals surface area contributed by atoms with E-state index in [4.69, 9.17) is 21.6 Å². The molecule has 31 heavy (non-hydrogen) atoms. The van der Waals surface area contributed by atoms with Crippen molar-refractivity contribution < 1.29 is 14.6 Å². The Morgan fingerprint density at radius 2 is 1.71 bits per heavy atom. The van der Waals surface area contributed by atoms with Gasteiger partial charge in [-0.05, 0) is 79.3 Å². The highest BCUT2D eigenvalue weighted by atomic mass is 35.5. The van der Waals surface area contributed by atoms with Gasteiger partial charge in [-0.15, -0.1) is 0 Å². The summed E-state index contributed by atoms with van der Waals surface area (Å²) in [6, 6.07) is 12.6. The van der Waals surface area contributed by atoms with E-state index in [1.54, 1.807) is 18.2 Å². The summed E-state index contributed by atoms with van der Waals surface area (Å²) < 4.78 is 5.99. The van der Waals surface area contributed by atoms with Crippen LogP contribution >= 0.6 is 11.6 Å². The molecule has 0 saturated heterocycles. The molecule has 0 radical (unpaired) electrons. The van der Waals surface area contributed by atoms with Crippen molar-refractivity contribution in [2.24, 2.45) is 23.7 Å². The lowest BCUT2D eigenvalue weighted by molar-refractivity contribution is -0.123. The van der Waals surface area contributed by atoms with Gasteiger partial charge in [0.25, 0.3) is 0 Å². The molecule has 2 atom stereocenters. The molecule has 3 fully saturated rings. The van der Waals surface area contributed by atoms with Gasteiger partial charge in [-0.25, -0.2) is 0 Å². The molecule has 5 heteroatoms. The fourth-order valence-electron chi connectivity index (χ4n) is 5.90. The number of aliphatic hydroxyl groups excluding tert-OH is 1. The molecule has 3 saturated carbocycles. The molecule has 0 aromatic heterocycles. The van der Waals surface area contributed by atoms with Crippen LogP contribution in [0, 0.1) is 35.0 Å². The van der Waals surface area contributed by atoms with E-state index in [-0.39, 0.29) is 23.4 Å². The van der Waals surface area contributed by atoms with Crippen LogP contribution in [0.1, 0.15) is 49.3 Å². The Labute approximate surface area is 187 Å². The number of halogens is 1. The number of fused-ring (bicyclic) bond motifs is 2. The van der Waals surface area contributed by atoms with Crippen LogP contribution in [0.3, 0.4) is 0 Å². The van der Waals surface area contributed by atoms with Gasteiger partial charge < -0.3 is 9.84 Å². The van der Waals surface area contributed by atoms with Gasteiger partial charge in [-0.2, -0.15) is 5.26 Å². The van der Waals surface area contributed by atoms with Crippen molar-refractivity contribution in [3.63, 3.8) is 0 Å². The van der Waals surface area contributed by atoms with Gasteiger partial charge in [0.05, 0.1) is 16.2 Å². The second-order valence-corrected chi connectivity index (χ2v) is 9.29. The van der Waals surface area contributed by atoms with Crippen LogP contribution in [0.25, 0.3) is 5.57 Å². The van der Waals surface area contributed by atoms with Crippen LogP contribution in [0.2, 0.25) is 5.02 Å². The van der Waals surface area contributed by atoms with E-state index < -0.39 is 0 Å². The minimum atomic E-state index is -0.0610. The maximum absolute atomic E-state index is 13.5. The number of nitrogens with zero attached hydrogens (tertiary/aromatic N) is 1. The second-order valence-electron chi connectivity index (χ2n) is 8.88. The molecule has 2 aromatic carbocycles. The van der Waals surface area contributed by atoms with E-state index in [0.29, 0.717) is 39.5 Å². The third kappa shape index (κ3) is 3.23. The van der Waals surface area contributed by atoms with Crippen molar-refractivity contribution in [3.05, 3.63) is 63.9 Å². The van der Waals surface area contributed by atoms with Crippen LogP contribution in [-0.2, 0) is 11.2 Å². The Morgan fingerprint density at radius 1 is 1.06 bits per heavy atom. The van der Waals surface area contributed by atoms with E-state index in [0.717, 1.165) is 43.2 Å². The molecule has 0 heterocycles. The van der Waals surface area contributed by atoms with Crippen molar-refractivity contribution >= 4 is 23.0 Å². The van der Waals surface area contributed by atoms with Gasteiger partial charge in [0.1, 0.15) is 23.3 Å². The molecule has 4 aliphatic rings. The summed E-state index contributed by atoms with van der Waals surface area (Å²) in [4.78, 5) is 13.5. The number of allylic oxidation sites excluding steroid dienone is 2. The molecule has 2 bridgehead atoms. The number of Topliss-reactive ketones (excluding diaryl/α,β-unsaturated/α-hetero) is 1. The van der Waals surface area contributed by atoms with Gasteiger partial charge in [0, 0.05) is 17.9 Å². The van der Waals surface area contributed by atoms with E-state index in [9.17, 15) is 9.90 Å². The molecule has 0 spiro atoms. The van der Waals surface area contributed by atoms with Crippen molar-refractivity contribution in [2.45, 2.75) is 39.0 Å². The molecule has 2 aromatic rings. The van der Waals surface area contributed by atoms with Crippen molar-refractivity contribution in [2.75, 3.05) is 0 Å². The molecule has 0 aliphatic heterocycles. The Kier molecular flexibility index (Phi) is 5.02. The highest BCUT2D eigenvalue weighted by molar-refractivity contribution is 6.31. The number of rotatable bonds is 4. The Balaban J connectivity index is 1.53. The number of hydrogen-bond acceptors (Lipinski definition) is 4. The summed E-state index contributed by atoms with van der Waals surface area (Å²) in [5.41, 5.74) is 2.68. The zero-order valence-corrected chi connectivity index (χ0v) is 18.2. The van der Waals surface area contributed by atoms with Gasteiger partial charge >= 0.3 is 0 Å². The minimum absolute atomic E-state index is 0.0124. The average molecular weight is 434 g/mol. The number of ether oxygens (including phenoxy) is 1. The summed E-state index contributed by atoms with van der Waals surface area (Å²) in [5, 5.41) is 20.6. The van der Waals surface area contributed by atoms with Gasteiger partial charge in [-0.3, -0.25) is 4.79 Å². The quantitative estimate of drug-likeness (QED) is 0.599. The Hall–Kier alpha value is -2.77. The highest BCUT2D eigenvalue weighted by Gasteiger charge is 2.54. The minimum Gasteiger partial charge on any atom is -0.511 e. The number of benzene rings is 2. The number of aliphatic hydroxyl groups is 1. The van der Waals surface area contributed by atoms with Crippen LogP contribution in [-0.4, -0.2) is 10.9 Å². The lowest BCUT2D eigenvalue weighted by Crippen LogP contribution is -2.41. The monoisotopic (exact) mass is 433 g/mol. The second kappa shape index (κ2) is 7.73. The van der Waals surface area contributed by atoms with E-state index in [1.807, 2.05) is 31.2 Å².